The van der Waals surface area contributed by atoms with Crippen molar-refractivity contribution in [2.24, 2.45) is 0 Å². The van der Waals surface area contributed by atoms with Crippen LogP contribution in [0.1, 0.15) is 26.2 Å². The normalized spacial score (nSPS) is 18.9. The Morgan fingerprint density at radius 2 is 2.44 bits per heavy atom. The summed E-state index contributed by atoms with van der Waals surface area (Å²) in [6.07, 6.45) is 6.18. The molecule has 0 saturated carbocycles. The van der Waals surface area contributed by atoms with Crippen molar-refractivity contribution in [1.82, 2.24) is 0 Å². The number of allylic oxidation sites excluding steroid dienone is 4. The van der Waals surface area contributed by atoms with Gasteiger partial charge < -0.3 is 0 Å². The van der Waals surface area contributed by atoms with Crippen LogP contribution < -0.4 is 0 Å². The Bertz CT molecular complexity index is 154. The Kier molecular flexibility index (Phi) is 2.04. The van der Waals surface area contributed by atoms with Gasteiger partial charge in [-0.3, -0.25) is 0 Å². The maximum absolute atomic E-state index is 12.4. The lowest BCUT2D eigenvalue weighted by molar-refractivity contribution is 0.583. The molecule has 0 nitrogen and oxygen atoms in total. The first-order valence-electron chi connectivity index (χ1n) is 3.38. The third-order valence-corrected chi connectivity index (χ3v) is 1.54. The van der Waals surface area contributed by atoms with Crippen LogP contribution in [0.15, 0.2) is 23.6 Å². The minimum atomic E-state index is 0.0364. The Hall–Kier alpha value is -0.590. The van der Waals surface area contributed by atoms with Crippen molar-refractivity contribution >= 4 is 0 Å². The van der Waals surface area contributed by atoms with Gasteiger partial charge in [-0.2, -0.15) is 0 Å². The van der Waals surface area contributed by atoms with E-state index in [1.807, 2.05) is 6.92 Å². The summed E-state index contributed by atoms with van der Waals surface area (Å²) in [6.45, 7) is 2.04. The zero-order chi connectivity index (χ0) is 6.69. The molecule has 1 rings (SSSR count). The lowest BCUT2D eigenvalue weighted by atomic mass is 10.0. The smallest absolute Gasteiger partial charge is 0.100 e. The van der Waals surface area contributed by atoms with E-state index in [9.17, 15) is 4.39 Å². The summed E-state index contributed by atoms with van der Waals surface area (Å²) in [7, 11) is 0. The minimum Gasteiger partial charge on any atom is -0.212 e. The zero-order valence-corrected chi connectivity index (χ0v) is 5.65. The molecule has 0 radical (unpaired) electrons. The Labute approximate surface area is 55.1 Å². The predicted molar refractivity (Wildman–Crippen MR) is 36.8 cm³/mol. The first kappa shape index (κ1) is 6.53. The summed E-state index contributed by atoms with van der Waals surface area (Å²) < 4.78 is 12.4. The van der Waals surface area contributed by atoms with E-state index in [1.54, 1.807) is 6.08 Å². The van der Waals surface area contributed by atoms with Crippen molar-refractivity contribution in [3.05, 3.63) is 23.6 Å². The summed E-state index contributed by atoms with van der Waals surface area (Å²) in [4.78, 5) is 0. The van der Waals surface area contributed by atoms with Gasteiger partial charge in [-0.05, 0) is 24.5 Å². The number of halogens is 1. The van der Waals surface area contributed by atoms with Crippen LogP contribution >= 0.6 is 0 Å². The van der Waals surface area contributed by atoms with E-state index in [0.717, 1.165) is 18.4 Å². The van der Waals surface area contributed by atoms with Crippen LogP contribution in [0.4, 0.5) is 4.39 Å². The summed E-state index contributed by atoms with van der Waals surface area (Å²) in [5, 5.41) is 0. The van der Waals surface area contributed by atoms with Crippen LogP contribution in [0.5, 0.6) is 0 Å². The van der Waals surface area contributed by atoms with Gasteiger partial charge in [0, 0.05) is 6.42 Å². The fraction of sp³-hybridized carbons (Fsp3) is 0.500. The van der Waals surface area contributed by atoms with E-state index in [2.05, 4.69) is 6.08 Å². The summed E-state index contributed by atoms with van der Waals surface area (Å²) in [6, 6.07) is 0. The standard InChI is InChI=1S/C8H11F/c1-2-7-4-3-5-8(9)6-7/h4,6H,2-3,5H2,1H3. The number of hydrogen-bond acceptors (Lipinski definition) is 0. The van der Waals surface area contributed by atoms with Gasteiger partial charge in [0.15, 0.2) is 0 Å². The van der Waals surface area contributed by atoms with E-state index in [1.165, 1.54) is 0 Å². The average Bonchev–Trinajstić information content (AvgIpc) is 1.88. The number of rotatable bonds is 1. The fourth-order valence-corrected chi connectivity index (χ4v) is 0.974. The number of hydrogen-bond donors (Lipinski definition) is 0. The largest absolute Gasteiger partial charge is 0.212 e. The van der Waals surface area contributed by atoms with Gasteiger partial charge in [0.1, 0.15) is 5.83 Å². The molecule has 0 fully saturated rings. The van der Waals surface area contributed by atoms with E-state index >= 15 is 0 Å². The topological polar surface area (TPSA) is 0 Å². The molecular weight excluding hydrogens is 115 g/mol. The molecule has 0 N–H and O–H groups in total. The van der Waals surface area contributed by atoms with Gasteiger partial charge in [-0.15, -0.1) is 0 Å². The monoisotopic (exact) mass is 126 g/mol. The molecule has 0 aromatic rings. The van der Waals surface area contributed by atoms with Crippen LogP contribution in [-0.4, -0.2) is 0 Å². The lowest BCUT2D eigenvalue weighted by Crippen LogP contribution is -1.86. The van der Waals surface area contributed by atoms with Crippen LogP contribution in [0, 0.1) is 0 Å². The summed E-state index contributed by atoms with van der Waals surface area (Å²) in [5.41, 5.74) is 1.14. The molecule has 0 bridgehead atoms. The van der Waals surface area contributed by atoms with E-state index in [4.69, 9.17) is 0 Å². The van der Waals surface area contributed by atoms with Crippen LogP contribution in [0.2, 0.25) is 0 Å². The van der Waals surface area contributed by atoms with Crippen LogP contribution in [-0.2, 0) is 0 Å². The first-order chi connectivity index (χ1) is 4.33. The molecule has 9 heavy (non-hydrogen) atoms. The molecule has 0 amide bonds. The molecule has 0 aromatic heterocycles. The SMILES string of the molecule is CCC1=CCCC(F)=C1. The van der Waals surface area contributed by atoms with Crippen molar-refractivity contribution in [1.29, 1.82) is 0 Å². The van der Waals surface area contributed by atoms with Crippen molar-refractivity contribution in [2.45, 2.75) is 26.2 Å². The van der Waals surface area contributed by atoms with Crippen molar-refractivity contribution in [3.8, 4) is 0 Å². The van der Waals surface area contributed by atoms with Crippen molar-refractivity contribution in [2.75, 3.05) is 0 Å². The second kappa shape index (κ2) is 2.81. The Morgan fingerprint density at radius 3 is 2.89 bits per heavy atom. The van der Waals surface area contributed by atoms with E-state index in [-0.39, 0.29) is 5.83 Å². The van der Waals surface area contributed by atoms with E-state index in [0.29, 0.717) is 6.42 Å². The Balaban J connectivity index is 2.63. The highest BCUT2D eigenvalue weighted by atomic mass is 19.1. The maximum Gasteiger partial charge on any atom is 0.100 e. The minimum absolute atomic E-state index is 0.0364. The van der Waals surface area contributed by atoms with Gasteiger partial charge in [0.25, 0.3) is 0 Å². The highest BCUT2D eigenvalue weighted by molar-refractivity contribution is 5.24. The fourth-order valence-electron chi connectivity index (χ4n) is 0.974. The molecule has 0 aliphatic heterocycles. The average molecular weight is 126 g/mol. The molecule has 0 aromatic carbocycles. The van der Waals surface area contributed by atoms with Crippen molar-refractivity contribution < 1.29 is 4.39 Å². The summed E-state index contributed by atoms with van der Waals surface area (Å²) >= 11 is 0. The highest BCUT2D eigenvalue weighted by Crippen LogP contribution is 2.19. The first-order valence-corrected chi connectivity index (χ1v) is 3.38. The zero-order valence-electron chi connectivity index (χ0n) is 5.65. The second-order valence-electron chi connectivity index (χ2n) is 2.26. The van der Waals surface area contributed by atoms with Gasteiger partial charge in [0.05, 0.1) is 0 Å². The van der Waals surface area contributed by atoms with Gasteiger partial charge in [-0.1, -0.05) is 13.0 Å². The third kappa shape index (κ3) is 1.67. The van der Waals surface area contributed by atoms with Crippen LogP contribution in [0.3, 0.4) is 0 Å². The Morgan fingerprint density at radius 1 is 1.67 bits per heavy atom. The molecule has 1 aliphatic carbocycles. The molecule has 0 atom stereocenters. The maximum atomic E-state index is 12.4. The molecule has 0 unspecified atom stereocenters. The quantitative estimate of drug-likeness (QED) is 0.506. The molecule has 0 spiro atoms. The molecule has 1 aliphatic rings. The summed E-state index contributed by atoms with van der Waals surface area (Å²) in [5.74, 6) is 0.0364. The van der Waals surface area contributed by atoms with Gasteiger partial charge in [0.2, 0.25) is 0 Å². The molecular formula is C8H11F. The second-order valence-corrected chi connectivity index (χ2v) is 2.26. The molecule has 0 heterocycles. The predicted octanol–water partition coefficient (Wildman–Crippen LogP) is 2.97. The molecule has 50 valence electrons. The van der Waals surface area contributed by atoms with Gasteiger partial charge in [-0.25, -0.2) is 4.39 Å². The third-order valence-electron chi connectivity index (χ3n) is 1.54. The highest BCUT2D eigenvalue weighted by Gasteiger charge is 2.01. The van der Waals surface area contributed by atoms with Crippen molar-refractivity contribution in [3.63, 3.8) is 0 Å². The lowest BCUT2D eigenvalue weighted by Gasteiger charge is -2.04. The van der Waals surface area contributed by atoms with Crippen LogP contribution in [0.25, 0.3) is 0 Å². The van der Waals surface area contributed by atoms with Gasteiger partial charge >= 0.3 is 0 Å². The molecule has 0 saturated heterocycles. The molecule has 1 heteroatoms. The van der Waals surface area contributed by atoms with E-state index < -0.39 is 0 Å².